The first-order valence-electron chi connectivity index (χ1n) is 15.0. The highest BCUT2D eigenvalue weighted by Crippen LogP contribution is 2.29. The molecular weight excluding hydrogens is 352 g/mol. The van der Waals surface area contributed by atoms with Crippen LogP contribution in [0.15, 0.2) is 10.3 Å². The summed E-state index contributed by atoms with van der Waals surface area (Å²) < 4.78 is 120. The Morgan fingerprint density at radius 1 is 1.58 bits per heavy atom. The third-order valence-corrected chi connectivity index (χ3v) is 4.29. The lowest BCUT2D eigenvalue weighted by Crippen LogP contribution is -2.36. The molecule has 0 spiro atoms. The number of carbonyl (C=O) groups excluding carboxylic acids is 1. The molecule has 0 aliphatic carbocycles. The maximum Gasteiger partial charge on any atom is 0.268 e. The van der Waals surface area contributed by atoms with Gasteiger partial charge in [-0.15, -0.1) is 11.3 Å². The Bertz CT molecular complexity index is 1390. The molecule has 1 fully saturated rings. The SMILES string of the molecule is [2H]N(CCCN1C([2H])([2H])C([2H])([2H])C([2H])([2H])C([2H])([2H])C1([2H])[2H])C(=O)c1c(O)c2ncsc2n(C([2H])(C)C([2H])([2H])[2H])c1=O. The van der Waals surface area contributed by atoms with Crippen molar-refractivity contribution in [1.82, 2.24) is 19.8 Å². The molecule has 1 amide bonds. The number of hydrogen-bond donors (Lipinski definition) is 2. The fourth-order valence-corrected chi connectivity index (χ4v) is 3.18. The van der Waals surface area contributed by atoms with Gasteiger partial charge in [-0.2, -0.15) is 0 Å². The number of amides is 1. The number of fused-ring (bicyclic) bond motifs is 1. The van der Waals surface area contributed by atoms with Crippen molar-refractivity contribution in [3.8, 4) is 5.75 Å². The highest BCUT2D eigenvalue weighted by molar-refractivity contribution is 7.16. The predicted molar refractivity (Wildman–Crippen MR) is 103 cm³/mol. The lowest BCUT2D eigenvalue weighted by molar-refractivity contribution is 0.0946. The standard InChI is InChI=1S/C18H26N4O3S/c1-12(2)22-17(25)13(15(23)14-18(22)26-11-20-14)16(24)19-7-6-10-21-8-4-3-5-9-21/h11-12,23H,3-10H2,1-2H3,(H,19,24)/i1D3,3D2,4D2,5D2,8D2,9D2,12D/hD. The summed E-state index contributed by atoms with van der Waals surface area (Å²) in [5.41, 5.74) is -1.71. The Kier molecular flexibility index (Phi) is 2.39. The first-order chi connectivity index (χ1) is 18.2. The van der Waals surface area contributed by atoms with Gasteiger partial charge in [-0.05, 0) is 52.5 Å². The van der Waals surface area contributed by atoms with Crippen LogP contribution in [0.3, 0.4) is 0 Å². The average molecular weight is 394 g/mol. The fraction of sp³-hybridized carbons (Fsp3) is 0.611. The van der Waals surface area contributed by atoms with Gasteiger partial charge in [-0.3, -0.25) is 14.2 Å². The number of aromatic nitrogens is 2. The maximum absolute atomic E-state index is 13.3. The van der Waals surface area contributed by atoms with Crippen LogP contribution >= 0.6 is 11.3 Å². The van der Waals surface area contributed by atoms with Crippen molar-refractivity contribution in [2.24, 2.45) is 0 Å². The Labute approximate surface area is 177 Å². The van der Waals surface area contributed by atoms with Gasteiger partial charge in [0.15, 0.2) is 7.16 Å². The van der Waals surface area contributed by atoms with E-state index in [1.165, 1.54) is 0 Å². The van der Waals surface area contributed by atoms with Crippen LogP contribution in [0, 0.1) is 0 Å². The van der Waals surface area contributed by atoms with Gasteiger partial charge in [0, 0.05) is 30.4 Å². The van der Waals surface area contributed by atoms with Gasteiger partial charge in [0.25, 0.3) is 11.5 Å². The normalized spacial score (nSPS) is 36.6. The van der Waals surface area contributed by atoms with Crippen molar-refractivity contribution < 1.29 is 30.5 Å². The minimum atomic E-state index is -3.60. The summed E-state index contributed by atoms with van der Waals surface area (Å²) in [6.07, 6.45) is -11.2. The topological polar surface area (TPSA) is 87.5 Å². The van der Waals surface area contributed by atoms with Crippen LogP contribution in [0.1, 0.15) is 74.9 Å². The Balaban J connectivity index is 1.95. The van der Waals surface area contributed by atoms with Gasteiger partial charge in [0.1, 0.15) is 15.9 Å². The smallest absolute Gasteiger partial charge is 0.268 e. The van der Waals surface area contributed by atoms with Crippen molar-refractivity contribution >= 4 is 27.6 Å². The van der Waals surface area contributed by atoms with E-state index in [9.17, 15) is 14.7 Å². The van der Waals surface area contributed by atoms with Gasteiger partial charge >= 0.3 is 0 Å². The quantitative estimate of drug-likeness (QED) is 0.787. The number of thiazole rings is 1. The van der Waals surface area contributed by atoms with Gasteiger partial charge < -0.3 is 15.3 Å². The average Bonchev–Trinajstić information content (AvgIpc) is 3.28. The van der Waals surface area contributed by atoms with Gasteiger partial charge in [-0.1, -0.05) is 6.37 Å². The largest absolute Gasteiger partial charge is 0.505 e. The molecule has 0 saturated carbocycles. The van der Waals surface area contributed by atoms with Crippen LogP contribution < -0.4 is 10.9 Å². The van der Waals surface area contributed by atoms with Crippen molar-refractivity contribution in [1.29, 1.82) is 0 Å². The van der Waals surface area contributed by atoms with E-state index in [2.05, 4.69) is 4.98 Å². The van der Waals surface area contributed by atoms with E-state index in [1.807, 2.05) is 0 Å². The minimum absolute atomic E-state index is 0.118. The first-order valence-corrected chi connectivity index (χ1v) is 8.41. The molecule has 1 unspecified atom stereocenters. The van der Waals surface area contributed by atoms with Crippen LogP contribution in [-0.2, 0) is 0 Å². The zero-order valence-electron chi connectivity index (χ0n) is 28.7. The number of hydrogen-bond acceptors (Lipinski definition) is 6. The molecule has 7 nitrogen and oxygen atoms in total. The summed E-state index contributed by atoms with van der Waals surface area (Å²) in [5.74, 6) is -2.44. The van der Waals surface area contributed by atoms with E-state index in [0.29, 0.717) is 4.57 Å². The van der Waals surface area contributed by atoms with E-state index in [4.69, 9.17) is 20.6 Å². The van der Waals surface area contributed by atoms with Crippen molar-refractivity contribution in [3.63, 3.8) is 0 Å². The van der Waals surface area contributed by atoms with Crippen molar-refractivity contribution in [2.75, 3.05) is 26.1 Å². The molecule has 2 N–H and O–H groups in total. The molecular formula is C18H26N4O3S. The Hall–Kier alpha value is -1.93. The highest BCUT2D eigenvalue weighted by Gasteiger charge is 2.24. The molecule has 3 heterocycles. The van der Waals surface area contributed by atoms with Crippen LogP contribution in [0.5, 0.6) is 5.75 Å². The molecule has 26 heavy (non-hydrogen) atoms. The van der Waals surface area contributed by atoms with Crippen LogP contribution in [0.2, 0.25) is 1.41 Å². The maximum atomic E-state index is 13.3. The third kappa shape index (κ3) is 3.76. The van der Waals surface area contributed by atoms with Crippen LogP contribution in [-0.4, -0.2) is 51.5 Å². The van der Waals surface area contributed by atoms with E-state index < -0.39 is 87.3 Å². The minimum Gasteiger partial charge on any atom is -0.505 e. The Morgan fingerprint density at radius 3 is 3.08 bits per heavy atom. The summed E-state index contributed by atoms with van der Waals surface area (Å²) in [5, 5.41) is 10.8. The molecule has 1 aliphatic rings. The monoisotopic (exact) mass is 393 g/mol. The molecule has 0 aromatic carbocycles. The summed E-state index contributed by atoms with van der Waals surface area (Å²) in [7, 11) is 0. The summed E-state index contributed by atoms with van der Waals surface area (Å²) >= 11 is 0.728. The van der Waals surface area contributed by atoms with Crippen molar-refractivity contribution in [3.05, 3.63) is 21.4 Å². The zero-order chi connectivity index (χ0) is 31.9. The van der Waals surface area contributed by atoms with Crippen LogP contribution in [0.25, 0.3) is 10.3 Å². The molecule has 2 aromatic rings. The molecule has 8 heteroatoms. The summed E-state index contributed by atoms with van der Waals surface area (Å²) in [6.45, 7) is -10.5. The number of nitrogens with zero attached hydrogens (tertiary/aromatic N) is 3. The Morgan fingerprint density at radius 2 is 2.35 bits per heavy atom. The van der Waals surface area contributed by atoms with E-state index in [1.54, 1.807) is 0 Å². The second kappa shape index (κ2) is 8.18. The van der Waals surface area contributed by atoms with Gasteiger partial charge in [-0.25, -0.2) is 4.98 Å². The lowest BCUT2D eigenvalue weighted by Gasteiger charge is -2.26. The number of nitrogens with one attached hydrogen (secondary N) is 1. The number of carbonyl (C=O) groups is 1. The molecule has 142 valence electrons. The zero-order valence-corrected chi connectivity index (χ0v) is 14.5. The van der Waals surface area contributed by atoms with Crippen LogP contribution in [0.4, 0.5) is 0 Å². The number of likely N-dealkylation sites (tertiary alicyclic amines) is 1. The number of rotatable bonds is 6. The first kappa shape index (κ1) is 7.59. The number of piperidine rings is 1. The molecule has 3 rings (SSSR count). The molecule has 2 aromatic heterocycles. The summed E-state index contributed by atoms with van der Waals surface area (Å²) in [6, 6.07) is -2.63. The van der Waals surface area contributed by atoms with E-state index >= 15 is 0 Å². The predicted octanol–water partition coefficient (Wildman–Crippen LogP) is 2.35. The molecule has 1 saturated heterocycles. The second-order valence-electron chi connectivity index (χ2n) is 5.25. The number of aromatic hydroxyl groups is 1. The third-order valence-electron chi connectivity index (χ3n) is 3.48. The molecule has 1 aliphatic heterocycles. The lowest BCUT2D eigenvalue weighted by atomic mass is 10.1. The van der Waals surface area contributed by atoms with E-state index in [0.717, 1.165) is 23.8 Å². The van der Waals surface area contributed by atoms with Gasteiger partial charge in [0.2, 0.25) is 0 Å². The molecule has 0 radical (unpaired) electrons. The van der Waals surface area contributed by atoms with Crippen molar-refractivity contribution in [2.45, 2.75) is 45.3 Å². The number of pyridine rings is 1. The molecule has 0 bridgehead atoms. The highest BCUT2D eigenvalue weighted by atomic mass is 32.1. The van der Waals surface area contributed by atoms with E-state index in [-0.39, 0.29) is 20.6 Å². The summed E-state index contributed by atoms with van der Waals surface area (Å²) in [4.78, 5) is 30.2. The fourth-order valence-electron chi connectivity index (χ4n) is 2.33. The second-order valence-corrected chi connectivity index (χ2v) is 6.08. The molecule has 1 atom stereocenters. The van der Waals surface area contributed by atoms with Gasteiger partial charge in [0.05, 0.1) is 6.88 Å².